The standard InChI is InChI=1S/C13H19Cl2NO2S/c1-11(9-12-5-4-6-13(15)10-12)16-19(17,18)8-3-2-7-14/h4-6,10-11,16H,2-3,7-9H2,1H3. The normalized spacial score (nSPS) is 13.4. The molecule has 0 bridgehead atoms. The summed E-state index contributed by atoms with van der Waals surface area (Å²) in [6, 6.07) is 7.29. The molecule has 0 heterocycles. The van der Waals surface area contributed by atoms with Crippen molar-refractivity contribution in [1.29, 1.82) is 0 Å². The van der Waals surface area contributed by atoms with Crippen LogP contribution in [-0.2, 0) is 16.4 Å². The molecular weight excluding hydrogens is 305 g/mol. The minimum absolute atomic E-state index is 0.125. The Labute approximate surface area is 125 Å². The molecule has 0 fully saturated rings. The fourth-order valence-electron chi connectivity index (χ4n) is 1.81. The monoisotopic (exact) mass is 323 g/mol. The molecule has 0 amide bonds. The van der Waals surface area contributed by atoms with Gasteiger partial charge >= 0.3 is 0 Å². The summed E-state index contributed by atoms with van der Waals surface area (Å²) in [6.45, 7) is 1.85. The molecule has 0 saturated carbocycles. The largest absolute Gasteiger partial charge is 0.212 e. The minimum atomic E-state index is -3.22. The summed E-state index contributed by atoms with van der Waals surface area (Å²) in [6.07, 6.45) is 1.92. The van der Waals surface area contributed by atoms with E-state index in [-0.39, 0.29) is 11.8 Å². The molecule has 0 aliphatic carbocycles. The third-order valence-corrected chi connectivity index (χ3v) is 4.70. The van der Waals surface area contributed by atoms with E-state index in [9.17, 15) is 8.42 Å². The van der Waals surface area contributed by atoms with Gasteiger partial charge in [0.25, 0.3) is 0 Å². The van der Waals surface area contributed by atoms with E-state index >= 15 is 0 Å². The number of hydrogen-bond donors (Lipinski definition) is 1. The summed E-state index contributed by atoms with van der Waals surface area (Å²) in [5, 5.41) is 0.662. The van der Waals surface area contributed by atoms with Crippen molar-refractivity contribution >= 4 is 33.2 Å². The fraction of sp³-hybridized carbons (Fsp3) is 0.538. The van der Waals surface area contributed by atoms with Gasteiger partial charge in [0.15, 0.2) is 0 Å². The molecule has 0 radical (unpaired) electrons. The molecule has 108 valence electrons. The Kier molecular flexibility index (Phi) is 7.15. The SMILES string of the molecule is CC(Cc1cccc(Cl)c1)NS(=O)(=O)CCCCCl. The molecule has 0 aliphatic rings. The predicted molar refractivity (Wildman–Crippen MR) is 81.5 cm³/mol. The van der Waals surface area contributed by atoms with Crippen LogP contribution in [0, 0.1) is 0 Å². The Balaban J connectivity index is 2.48. The van der Waals surface area contributed by atoms with Gasteiger partial charge in [-0.2, -0.15) is 0 Å². The lowest BCUT2D eigenvalue weighted by Crippen LogP contribution is -2.35. The molecule has 0 aromatic heterocycles. The molecular formula is C13H19Cl2NO2S. The van der Waals surface area contributed by atoms with Crippen LogP contribution in [0.3, 0.4) is 0 Å². The second-order valence-corrected chi connectivity index (χ2v) is 7.26. The maximum absolute atomic E-state index is 11.8. The van der Waals surface area contributed by atoms with Gasteiger partial charge in [-0.1, -0.05) is 23.7 Å². The molecule has 19 heavy (non-hydrogen) atoms. The van der Waals surface area contributed by atoms with E-state index in [1.54, 1.807) is 6.07 Å². The first-order valence-electron chi connectivity index (χ1n) is 6.23. The van der Waals surface area contributed by atoms with E-state index in [4.69, 9.17) is 23.2 Å². The van der Waals surface area contributed by atoms with Crippen LogP contribution in [0.1, 0.15) is 25.3 Å². The highest BCUT2D eigenvalue weighted by molar-refractivity contribution is 7.89. The first kappa shape index (κ1) is 16.8. The van der Waals surface area contributed by atoms with Crippen LogP contribution in [-0.4, -0.2) is 26.1 Å². The van der Waals surface area contributed by atoms with Crippen molar-refractivity contribution in [3.63, 3.8) is 0 Å². The summed E-state index contributed by atoms with van der Waals surface area (Å²) in [7, 11) is -3.22. The number of nitrogens with one attached hydrogen (secondary N) is 1. The summed E-state index contributed by atoms with van der Waals surface area (Å²) < 4.78 is 26.3. The molecule has 1 aromatic carbocycles. The summed E-state index contributed by atoms with van der Waals surface area (Å²) in [5.74, 6) is 0.618. The van der Waals surface area contributed by atoms with Gasteiger partial charge in [-0.3, -0.25) is 0 Å². The van der Waals surface area contributed by atoms with Gasteiger partial charge in [0.2, 0.25) is 10.0 Å². The zero-order valence-corrected chi connectivity index (χ0v) is 13.2. The number of rotatable bonds is 8. The van der Waals surface area contributed by atoms with Gasteiger partial charge in [0.05, 0.1) is 5.75 Å². The van der Waals surface area contributed by atoms with Gasteiger partial charge in [0, 0.05) is 16.9 Å². The lowest BCUT2D eigenvalue weighted by molar-refractivity contribution is 0.557. The Bertz CT molecular complexity index is 491. The number of benzene rings is 1. The van der Waals surface area contributed by atoms with E-state index in [2.05, 4.69) is 4.72 Å². The second-order valence-electron chi connectivity index (χ2n) is 4.57. The topological polar surface area (TPSA) is 46.2 Å². The third kappa shape index (κ3) is 7.16. The average molecular weight is 324 g/mol. The highest BCUT2D eigenvalue weighted by Crippen LogP contribution is 2.12. The molecule has 6 heteroatoms. The van der Waals surface area contributed by atoms with Gasteiger partial charge in [-0.25, -0.2) is 13.1 Å². The van der Waals surface area contributed by atoms with Crippen LogP contribution in [0.2, 0.25) is 5.02 Å². The number of alkyl halides is 1. The van der Waals surface area contributed by atoms with Crippen molar-refractivity contribution in [2.75, 3.05) is 11.6 Å². The van der Waals surface area contributed by atoms with Gasteiger partial charge in [-0.15, -0.1) is 11.6 Å². The number of halogens is 2. The third-order valence-electron chi connectivity index (χ3n) is 2.61. The van der Waals surface area contributed by atoms with Crippen molar-refractivity contribution < 1.29 is 8.42 Å². The predicted octanol–water partition coefficient (Wildman–Crippen LogP) is 3.21. The smallest absolute Gasteiger partial charge is 0.211 e. The average Bonchev–Trinajstić information content (AvgIpc) is 2.27. The molecule has 1 rings (SSSR count). The fourth-order valence-corrected chi connectivity index (χ4v) is 3.61. The van der Waals surface area contributed by atoms with Crippen LogP contribution in [0.15, 0.2) is 24.3 Å². The van der Waals surface area contributed by atoms with Gasteiger partial charge < -0.3 is 0 Å². The van der Waals surface area contributed by atoms with Crippen molar-refractivity contribution in [3.8, 4) is 0 Å². The molecule has 1 atom stereocenters. The summed E-state index contributed by atoms with van der Waals surface area (Å²) in [5.41, 5.74) is 1.02. The Morgan fingerprint density at radius 2 is 2.05 bits per heavy atom. The van der Waals surface area contributed by atoms with E-state index in [0.29, 0.717) is 30.2 Å². The maximum atomic E-state index is 11.8. The molecule has 0 spiro atoms. The van der Waals surface area contributed by atoms with Crippen molar-refractivity contribution in [1.82, 2.24) is 4.72 Å². The zero-order valence-electron chi connectivity index (χ0n) is 10.9. The minimum Gasteiger partial charge on any atom is -0.212 e. The molecule has 0 aliphatic heterocycles. The summed E-state index contributed by atoms with van der Waals surface area (Å²) >= 11 is 11.4. The maximum Gasteiger partial charge on any atom is 0.211 e. The first-order chi connectivity index (χ1) is 8.93. The van der Waals surface area contributed by atoms with Crippen LogP contribution in [0.25, 0.3) is 0 Å². The Morgan fingerprint density at radius 3 is 2.68 bits per heavy atom. The Morgan fingerprint density at radius 1 is 1.32 bits per heavy atom. The molecule has 0 saturated heterocycles. The van der Waals surface area contributed by atoms with Crippen LogP contribution in [0.4, 0.5) is 0 Å². The molecule has 3 nitrogen and oxygen atoms in total. The highest BCUT2D eigenvalue weighted by atomic mass is 35.5. The van der Waals surface area contributed by atoms with E-state index in [1.807, 2.05) is 25.1 Å². The van der Waals surface area contributed by atoms with E-state index in [1.165, 1.54) is 0 Å². The molecule has 1 aromatic rings. The lowest BCUT2D eigenvalue weighted by Gasteiger charge is -2.14. The van der Waals surface area contributed by atoms with Gasteiger partial charge in [0.1, 0.15) is 0 Å². The van der Waals surface area contributed by atoms with Crippen molar-refractivity contribution in [2.24, 2.45) is 0 Å². The van der Waals surface area contributed by atoms with Crippen molar-refractivity contribution in [3.05, 3.63) is 34.9 Å². The van der Waals surface area contributed by atoms with E-state index < -0.39 is 10.0 Å². The lowest BCUT2D eigenvalue weighted by atomic mass is 10.1. The second kappa shape index (κ2) is 8.10. The van der Waals surface area contributed by atoms with Crippen molar-refractivity contribution in [2.45, 2.75) is 32.2 Å². The van der Waals surface area contributed by atoms with Gasteiger partial charge in [-0.05, 0) is 43.9 Å². The number of hydrogen-bond acceptors (Lipinski definition) is 2. The number of sulfonamides is 1. The van der Waals surface area contributed by atoms with Crippen LogP contribution >= 0.6 is 23.2 Å². The molecule has 1 unspecified atom stereocenters. The van der Waals surface area contributed by atoms with Crippen LogP contribution in [0.5, 0.6) is 0 Å². The zero-order chi connectivity index (χ0) is 14.3. The Hall–Kier alpha value is -0.290. The van der Waals surface area contributed by atoms with Crippen LogP contribution < -0.4 is 4.72 Å². The first-order valence-corrected chi connectivity index (χ1v) is 8.80. The molecule has 1 N–H and O–H groups in total. The van der Waals surface area contributed by atoms with E-state index in [0.717, 1.165) is 5.56 Å². The number of unbranched alkanes of at least 4 members (excludes halogenated alkanes) is 1. The summed E-state index contributed by atoms with van der Waals surface area (Å²) in [4.78, 5) is 0. The highest BCUT2D eigenvalue weighted by Gasteiger charge is 2.14. The quantitative estimate of drug-likeness (QED) is 0.589.